The van der Waals surface area contributed by atoms with E-state index in [1.54, 1.807) is 0 Å². The Labute approximate surface area is 102 Å². The fourth-order valence-corrected chi connectivity index (χ4v) is 1.59. The first-order valence-electron chi connectivity index (χ1n) is 6.23. The van der Waals surface area contributed by atoms with Crippen molar-refractivity contribution in [2.45, 2.75) is 41.0 Å². The normalized spacial score (nSPS) is 11.5. The lowest BCUT2D eigenvalue weighted by molar-refractivity contribution is 0.313. The first-order chi connectivity index (χ1) is 7.51. The zero-order chi connectivity index (χ0) is 12.6. The molecule has 1 heteroatoms. The van der Waals surface area contributed by atoms with Gasteiger partial charge in [0.2, 0.25) is 0 Å². The second-order valence-electron chi connectivity index (χ2n) is 4.88. The lowest BCUT2D eigenvalue weighted by atomic mass is 10.1. The largest absolute Gasteiger partial charge is 0.371 e. The van der Waals surface area contributed by atoms with Crippen LogP contribution in [0.5, 0.6) is 0 Å². The molecular formula is C15H27N. The van der Waals surface area contributed by atoms with Gasteiger partial charge < -0.3 is 4.90 Å². The average molecular weight is 221 g/mol. The van der Waals surface area contributed by atoms with E-state index in [9.17, 15) is 0 Å². The summed E-state index contributed by atoms with van der Waals surface area (Å²) in [6.07, 6.45) is 7.45. The van der Waals surface area contributed by atoms with E-state index in [-0.39, 0.29) is 0 Å². The van der Waals surface area contributed by atoms with Crippen molar-refractivity contribution in [3.63, 3.8) is 0 Å². The molecule has 1 nitrogen and oxygen atoms in total. The van der Waals surface area contributed by atoms with Crippen molar-refractivity contribution in [1.82, 2.24) is 4.90 Å². The molecule has 0 radical (unpaired) electrons. The Balaban J connectivity index is 4.76. The highest BCUT2D eigenvalue weighted by Crippen LogP contribution is 2.11. The SMILES string of the molecule is C=C/C(=C\C=C(C)C)N(CCC)CC(C)C. The molecule has 0 unspecified atom stereocenters. The van der Waals surface area contributed by atoms with E-state index < -0.39 is 0 Å². The van der Waals surface area contributed by atoms with Gasteiger partial charge in [0, 0.05) is 18.8 Å². The summed E-state index contributed by atoms with van der Waals surface area (Å²) in [6, 6.07) is 0. The van der Waals surface area contributed by atoms with E-state index in [1.165, 1.54) is 17.7 Å². The second-order valence-corrected chi connectivity index (χ2v) is 4.88. The molecule has 0 aliphatic heterocycles. The monoisotopic (exact) mass is 221 g/mol. The Hall–Kier alpha value is -0.980. The third-order valence-corrected chi connectivity index (χ3v) is 2.24. The van der Waals surface area contributed by atoms with Gasteiger partial charge in [0.1, 0.15) is 0 Å². The summed E-state index contributed by atoms with van der Waals surface area (Å²) in [7, 11) is 0. The van der Waals surface area contributed by atoms with Crippen molar-refractivity contribution in [3.8, 4) is 0 Å². The fraction of sp³-hybridized carbons (Fsp3) is 0.600. The second kappa shape index (κ2) is 8.20. The minimum absolute atomic E-state index is 0.682. The van der Waals surface area contributed by atoms with Gasteiger partial charge in [0.05, 0.1) is 0 Å². The van der Waals surface area contributed by atoms with Gasteiger partial charge >= 0.3 is 0 Å². The third-order valence-electron chi connectivity index (χ3n) is 2.24. The summed E-state index contributed by atoms with van der Waals surface area (Å²) in [5.74, 6) is 0.682. The molecular weight excluding hydrogens is 194 g/mol. The van der Waals surface area contributed by atoms with Crippen LogP contribution in [-0.2, 0) is 0 Å². The summed E-state index contributed by atoms with van der Waals surface area (Å²) in [6.45, 7) is 17.1. The minimum atomic E-state index is 0.682. The molecule has 0 saturated heterocycles. The molecule has 0 heterocycles. The molecule has 0 spiro atoms. The summed E-state index contributed by atoms with van der Waals surface area (Å²) in [5.41, 5.74) is 2.55. The predicted molar refractivity (Wildman–Crippen MR) is 74.4 cm³/mol. The Morgan fingerprint density at radius 2 is 1.88 bits per heavy atom. The van der Waals surface area contributed by atoms with E-state index >= 15 is 0 Å². The summed E-state index contributed by atoms with van der Waals surface area (Å²) < 4.78 is 0. The van der Waals surface area contributed by atoms with Crippen molar-refractivity contribution in [3.05, 3.63) is 36.1 Å². The van der Waals surface area contributed by atoms with Crippen LogP contribution < -0.4 is 0 Å². The number of allylic oxidation sites excluding steroid dienone is 4. The van der Waals surface area contributed by atoms with Crippen LogP contribution in [0.1, 0.15) is 41.0 Å². The Kier molecular flexibility index (Phi) is 7.70. The number of rotatable bonds is 7. The quantitative estimate of drug-likeness (QED) is 0.576. The summed E-state index contributed by atoms with van der Waals surface area (Å²) in [5, 5.41) is 0. The van der Waals surface area contributed by atoms with Crippen molar-refractivity contribution in [2.24, 2.45) is 5.92 Å². The molecule has 0 aliphatic carbocycles. The van der Waals surface area contributed by atoms with Crippen LogP contribution in [0.4, 0.5) is 0 Å². The van der Waals surface area contributed by atoms with E-state index in [2.05, 4.69) is 58.2 Å². The lowest BCUT2D eigenvalue weighted by Crippen LogP contribution is -2.27. The Bertz CT molecular complexity index is 255. The molecule has 0 saturated carbocycles. The standard InChI is InChI=1S/C15H27N/c1-7-11-16(12-14(5)6)15(8-2)10-9-13(3)4/h8-10,14H,2,7,11-12H2,1,3-6H3/b15-10+. The Morgan fingerprint density at radius 1 is 1.25 bits per heavy atom. The molecule has 0 aliphatic rings. The van der Waals surface area contributed by atoms with Gasteiger partial charge in [-0.3, -0.25) is 0 Å². The maximum atomic E-state index is 3.91. The molecule has 16 heavy (non-hydrogen) atoms. The molecule has 0 amide bonds. The molecule has 0 aromatic rings. The van der Waals surface area contributed by atoms with E-state index in [0.29, 0.717) is 5.92 Å². The zero-order valence-corrected chi connectivity index (χ0v) is 11.6. The van der Waals surface area contributed by atoms with E-state index in [4.69, 9.17) is 0 Å². The number of nitrogens with zero attached hydrogens (tertiary/aromatic N) is 1. The van der Waals surface area contributed by atoms with Crippen LogP contribution in [0.15, 0.2) is 36.1 Å². The fourth-order valence-electron chi connectivity index (χ4n) is 1.59. The highest BCUT2D eigenvalue weighted by Gasteiger charge is 2.07. The highest BCUT2D eigenvalue weighted by atomic mass is 15.1. The van der Waals surface area contributed by atoms with Gasteiger partial charge in [-0.25, -0.2) is 0 Å². The average Bonchev–Trinajstić information content (AvgIpc) is 2.17. The topological polar surface area (TPSA) is 3.24 Å². The van der Waals surface area contributed by atoms with Crippen molar-refractivity contribution < 1.29 is 0 Å². The van der Waals surface area contributed by atoms with Gasteiger partial charge in [-0.2, -0.15) is 0 Å². The third kappa shape index (κ3) is 6.49. The van der Waals surface area contributed by atoms with Gasteiger partial charge in [-0.15, -0.1) is 0 Å². The van der Waals surface area contributed by atoms with Crippen LogP contribution in [0.3, 0.4) is 0 Å². The molecule has 92 valence electrons. The van der Waals surface area contributed by atoms with Crippen LogP contribution in [-0.4, -0.2) is 18.0 Å². The molecule has 0 aromatic carbocycles. The molecule has 0 aromatic heterocycles. The van der Waals surface area contributed by atoms with Gasteiger partial charge in [-0.1, -0.05) is 39.0 Å². The van der Waals surface area contributed by atoms with E-state index in [0.717, 1.165) is 13.1 Å². The number of hydrogen-bond acceptors (Lipinski definition) is 1. The van der Waals surface area contributed by atoms with Gasteiger partial charge in [0.25, 0.3) is 0 Å². The Morgan fingerprint density at radius 3 is 2.25 bits per heavy atom. The van der Waals surface area contributed by atoms with Crippen LogP contribution in [0, 0.1) is 5.92 Å². The van der Waals surface area contributed by atoms with Crippen LogP contribution in [0.25, 0.3) is 0 Å². The van der Waals surface area contributed by atoms with Crippen LogP contribution in [0.2, 0.25) is 0 Å². The molecule has 0 fully saturated rings. The molecule has 0 rings (SSSR count). The van der Waals surface area contributed by atoms with E-state index in [1.807, 2.05) is 6.08 Å². The molecule has 0 atom stereocenters. The molecule has 0 N–H and O–H groups in total. The van der Waals surface area contributed by atoms with Gasteiger partial charge in [0.15, 0.2) is 0 Å². The highest BCUT2D eigenvalue weighted by molar-refractivity contribution is 5.22. The van der Waals surface area contributed by atoms with Crippen molar-refractivity contribution >= 4 is 0 Å². The minimum Gasteiger partial charge on any atom is -0.371 e. The summed E-state index contributed by atoms with van der Waals surface area (Å²) >= 11 is 0. The van der Waals surface area contributed by atoms with Crippen LogP contribution >= 0.6 is 0 Å². The first-order valence-corrected chi connectivity index (χ1v) is 6.23. The maximum Gasteiger partial charge on any atom is 0.0360 e. The summed E-state index contributed by atoms with van der Waals surface area (Å²) in [4.78, 5) is 2.41. The van der Waals surface area contributed by atoms with Crippen molar-refractivity contribution in [2.75, 3.05) is 13.1 Å². The lowest BCUT2D eigenvalue weighted by Gasteiger charge is -2.27. The smallest absolute Gasteiger partial charge is 0.0360 e. The van der Waals surface area contributed by atoms with Crippen molar-refractivity contribution in [1.29, 1.82) is 0 Å². The first kappa shape index (κ1) is 15.0. The number of hydrogen-bond donors (Lipinski definition) is 0. The maximum absolute atomic E-state index is 3.91. The zero-order valence-electron chi connectivity index (χ0n) is 11.6. The predicted octanol–water partition coefficient (Wildman–Crippen LogP) is 4.39. The van der Waals surface area contributed by atoms with Gasteiger partial charge in [-0.05, 0) is 38.3 Å². The molecule has 0 bridgehead atoms.